The molecule has 0 saturated heterocycles. The van der Waals surface area contributed by atoms with Crippen LogP contribution < -0.4 is 5.73 Å². The average Bonchev–Trinajstić information content (AvgIpc) is 2.37. The van der Waals surface area contributed by atoms with E-state index < -0.39 is 6.10 Å². The van der Waals surface area contributed by atoms with Crippen LogP contribution in [0.2, 0.25) is 0 Å². The summed E-state index contributed by atoms with van der Waals surface area (Å²) in [5.74, 6) is -0.126. The maximum absolute atomic E-state index is 12.3. The number of ether oxygens (including phenoxy) is 1. The Hall–Kier alpha value is -1.46. The van der Waals surface area contributed by atoms with Gasteiger partial charge in [0.25, 0.3) is 5.91 Å². The van der Waals surface area contributed by atoms with Gasteiger partial charge in [0.1, 0.15) is 0 Å². The van der Waals surface area contributed by atoms with Gasteiger partial charge in [0.2, 0.25) is 0 Å². The quantitative estimate of drug-likeness (QED) is 0.793. The summed E-state index contributed by atoms with van der Waals surface area (Å²) in [6.45, 7) is 2.70. The Labute approximate surface area is 113 Å². The number of carbonyl (C=O) groups excluding carboxylic acids is 1. The Balaban J connectivity index is 2.87. The van der Waals surface area contributed by atoms with E-state index in [2.05, 4.69) is 0 Å². The molecule has 4 nitrogen and oxygen atoms in total. The second-order valence-electron chi connectivity index (χ2n) is 3.85. The van der Waals surface area contributed by atoms with Crippen molar-refractivity contribution in [1.82, 2.24) is 4.90 Å². The van der Waals surface area contributed by atoms with E-state index in [4.69, 9.17) is 22.7 Å². The van der Waals surface area contributed by atoms with Crippen LogP contribution in [0.3, 0.4) is 0 Å². The second-order valence-corrected chi connectivity index (χ2v) is 4.37. The minimum absolute atomic E-state index is 0.126. The number of likely N-dealkylation sites (N-methyl/N-ethyl adjacent to an activating group) is 1. The van der Waals surface area contributed by atoms with Crippen LogP contribution in [0.5, 0.6) is 0 Å². The van der Waals surface area contributed by atoms with Gasteiger partial charge in [-0.1, -0.05) is 42.5 Å². The third-order valence-corrected chi connectivity index (χ3v) is 2.73. The molecule has 1 atom stereocenters. The zero-order valence-corrected chi connectivity index (χ0v) is 11.4. The van der Waals surface area contributed by atoms with E-state index in [-0.39, 0.29) is 12.5 Å². The molecule has 0 aliphatic heterocycles. The molecule has 18 heavy (non-hydrogen) atoms. The van der Waals surface area contributed by atoms with Gasteiger partial charge in [0, 0.05) is 13.7 Å². The van der Waals surface area contributed by atoms with E-state index in [0.717, 1.165) is 5.56 Å². The van der Waals surface area contributed by atoms with Crippen LogP contribution in [0.25, 0.3) is 0 Å². The molecule has 1 rings (SSSR count). The number of carbonyl (C=O) groups is 1. The molecule has 1 unspecified atom stereocenters. The van der Waals surface area contributed by atoms with Crippen LogP contribution >= 0.6 is 12.2 Å². The number of methoxy groups -OCH3 is 1. The second kappa shape index (κ2) is 7.08. The fourth-order valence-corrected chi connectivity index (χ4v) is 1.86. The molecular weight excluding hydrogens is 248 g/mol. The number of rotatable bonds is 6. The zero-order valence-electron chi connectivity index (χ0n) is 10.6. The number of benzene rings is 1. The smallest absolute Gasteiger partial charge is 0.256 e. The fourth-order valence-electron chi connectivity index (χ4n) is 1.71. The SMILES string of the molecule is CCN(CC(N)=S)C(=O)C(OC)c1ccccc1. The molecule has 0 bridgehead atoms. The van der Waals surface area contributed by atoms with Crippen LogP contribution in [0.4, 0.5) is 0 Å². The molecule has 1 amide bonds. The number of nitrogens with zero attached hydrogens (tertiary/aromatic N) is 1. The fraction of sp³-hybridized carbons (Fsp3) is 0.385. The van der Waals surface area contributed by atoms with Crippen LogP contribution in [0.15, 0.2) is 30.3 Å². The van der Waals surface area contributed by atoms with Crippen molar-refractivity contribution in [3.05, 3.63) is 35.9 Å². The first-order valence-corrected chi connectivity index (χ1v) is 6.15. The van der Waals surface area contributed by atoms with Crippen LogP contribution in [0, 0.1) is 0 Å². The lowest BCUT2D eigenvalue weighted by atomic mass is 10.1. The molecule has 2 N–H and O–H groups in total. The molecule has 0 spiro atoms. The Bertz CT molecular complexity index is 409. The Morgan fingerprint density at radius 3 is 2.50 bits per heavy atom. The van der Waals surface area contributed by atoms with Gasteiger partial charge in [-0.15, -0.1) is 0 Å². The molecule has 1 aromatic carbocycles. The molecule has 0 radical (unpaired) electrons. The Kier molecular flexibility index (Phi) is 5.74. The van der Waals surface area contributed by atoms with Crippen molar-refractivity contribution in [3.63, 3.8) is 0 Å². The summed E-state index contributed by atoms with van der Waals surface area (Å²) in [5.41, 5.74) is 6.31. The number of hydrogen-bond donors (Lipinski definition) is 1. The molecule has 98 valence electrons. The predicted octanol–water partition coefficient (Wildman–Crippen LogP) is 1.51. The molecule has 0 saturated carbocycles. The van der Waals surface area contributed by atoms with E-state index >= 15 is 0 Å². The number of thiocarbonyl (C=S) groups is 1. The van der Waals surface area contributed by atoms with Crippen LogP contribution in [-0.4, -0.2) is 36.0 Å². The van der Waals surface area contributed by atoms with Crippen molar-refractivity contribution in [1.29, 1.82) is 0 Å². The highest BCUT2D eigenvalue weighted by Crippen LogP contribution is 2.18. The van der Waals surface area contributed by atoms with Crippen molar-refractivity contribution in [3.8, 4) is 0 Å². The van der Waals surface area contributed by atoms with E-state index in [1.54, 1.807) is 4.90 Å². The minimum atomic E-state index is -0.611. The number of amides is 1. The summed E-state index contributed by atoms with van der Waals surface area (Å²) in [5, 5.41) is 0. The van der Waals surface area contributed by atoms with Crippen LogP contribution in [-0.2, 0) is 9.53 Å². The largest absolute Gasteiger partial charge is 0.392 e. The van der Waals surface area contributed by atoms with Gasteiger partial charge < -0.3 is 15.4 Å². The maximum Gasteiger partial charge on any atom is 0.256 e. The van der Waals surface area contributed by atoms with Gasteiger partial charge in [-0.05, 0) is 12.5 Å². The Morgan fingerprint density at radius 1 is 1.44 bits per heavy atom. The minimum Gasteiger partial charge on any atom is -0.392 e. The average molecular weight is 266 g/mol. The van der Waals surface area contributed by atoms with Gasteiger partial charge >= 0.3 is 0 Å². The van der Waals surface area contributed by atoms with Gasteiger partial charge in [0.05, 0.1) is 11.5 Å². The maximum atomic E-state index is 12.3. The van der Waals surface area contributed by atoms with Crippen molar-refractivity contribution >= 4 is 23.1 Å². The normalized spacial score (nSPS) is 11.9. The summed E-state index contributed by atoms with van der Waals surface area (Å²) < 4.78 is 5.29. The van der Waals surface area contributed by atoms with E-state index in [9.17, 15) is 4.79 Å². The molecule has 0 aromatic heterocycles. The molecule has 0 aliphatic carbocycles. The highest BCUT2D eigenvalue weighted by atomic mass is 32.1. The molecule has 0 aliphatic rings. The first-order valence-electron chi connectivity index (χ1n) is 5.75. The highest BCUT2D eigenvalue weighted by molar-refractivity contribution is 7.80. The van der Waals surface area contributed by atoms with Crippen molar-refractivity contribution in [2.24, 2.45) is 5.73 Å². The first-order chi connectivity index (χ1) is 8.60. The number of nitrogens with two attached hydrogens (primary N) is 1. The van der Waals surface area contributed by atoms with Gasteiger partial charge in [-0.2, -0.15) is 0 Å². The van der Waals surface area contributed by atoms with E-state index in [1.165, 1.54) is 7.11 Å². The summed E-state index contributed by atoms with van der Waals surface area (Å²) >= 11 is 4.84. The van der Waals surface area contributed by atoms with Crippen molar-refractivity contribution < 1.29 is 9.53 Å². The number of hydrogen-bond acceptors (Lipinski definition) is 3. The molecule has 0 heterocycles. The highest BCUT2D eigenvalue weighted by Gasteiger charge is 2.24. The zero-order chi connectivity index (χ0) is 13.5. The third-order valence-electron chi connectivity index (χ3n) is 2.60. The first kappa shape index (κ1) is 14.6. The van der Waals surface area contributed by atoms with E-state index in [0.29, 0.717) is 11.5 Å². The lowest BCUT2D eigenvalue weighted by molar-refractivity contribution is -0.141. The Morgan fingerprint density at radius 2 is 2.06 bits per heavy atom. The summed E-state index contributed by atoms with van der Waals surface area (Å²) in [6.07, 6.45) is -0.611. The summed E-state index contributed by atoms with van der Waals surface area (Å²) in [7, 11) is 1.52. The molecule has 1 aromatic rings. The van der Waals surface area contributed by atoms with Gasteiger partial charge in [-0.3, -0.25) is 4.79 Å². The van der Waals surface area contributed by atoms with Crippen LogP contribution in [0.1, 0.15) is 18.6 Å². The summed E-state index contributed by atoms with van der Waals surface area (Å²) in [6, 6.07) is 9.37. The standard InChI is InChI=1S/C13H18N2O2S/c1-3-15(9-11(14)18)13(16)12(17-2)10-7-5-4-6-8-10/h4-8,12H,3,9H2,1-2H3,(H2,14,18). The lowest BCUT2D eigenvalue weighted by Crippen LogP contribution is -2.40. The van der Waals surface area contributed by atoms with Crippen molar-refractivity contribution in [2.45, 2.75) is 13.0 Å². The van der Waals surface area contributed by atoms with Gasteiger partial charge in [-0.25, -0.2) is 0 Å². The topological polar surface area (TPSA) is 55.6 Å². The van der Waals surface area contributed by atoms with Crippen molar-refractivity contribution in [2.75, 3.05) is 20.2 Å². The lowest BCUT2D eigenvalue weighted by Gasteiger charge is -2.25. The summed E-state index contributed by atoms with van der Waals surface area (Å²) in [4.78, 5) is 14.2. The monoisotopic (exact) mass is 266 g/mol. The molecular formula is C13H18N2O2S. The molecule has 5 heteroatoms. The predicted molar refractivity (Wildman–Crippen MR) is 75.2 cm³/mol. The van der Waals surface area contributed by atoms with Gasteiger partial charge in [0.15, 0.2) is 6.10 Å². The van der Waals surface area contributed by atoms with E-state index in [1.807, 2.05) is 37.3 Å². The third kappa shape index (κ3) is 3.78. The molecule has 0 fully saturated rings.